The van der Waals surface area contributed by atoms with Crippen molar-refractivity contribution in [2.75, 3.05) is 5.32 Å². The van der Waals surface area contributed by atoms with Gasteiger partial charge in [-0.3, -0.25) is 0 Å². The summed E-state index contributed by atoms with van der Waals surface area (Å²) in [4.78, 5) is 0. The van der Waals surface area contributed by atoms with Crippen LogP contribution in [0.5, 0.6) is 0 Å². The van der Waals surface area contributed by atoms with E-state index in [1.54, 1.807) is 0 Å². The number of furan rings is 1. The van der Waals surface area contributed by atoms with E-state index in [-0.39, 0.29) is 6.61 Å². The highest BCUT2D eigenvalue weighted by molar-refractivity contribution is 5.50. The first-order valence-corrected chi connectivity index (χ1v) is 6.79. The summed E-state index contributed by atoms with van der Waals surface area (Å²) in [5.41, 5.74) is 1.87. The van der Waals surface area contributed by atoms with Crippen molar-refractivity contribution in [2.24, 2.45) is 5.92 Å². The fourth-order valence-corrected chi connectivity index (χ4v) is 2.42. The third kappa shape index (κ3) is 2.66. The average Bonchev–Trinajstić information content (AvgIpc) is 2.99. The molecule has 3 nitrogen and oxygen atoms in total. The van der Waals surface area contributed by atoms with Gasteiger partial charge in [-0.05, 0) is 30.5 Å². The van der Waals surface area contributed by atoms with Crippen molar-refractivity contribution in [1.29, 1.82) is 0 Å². The topological polar surface area (TPSA) is 45.4 Å². The highest BCUT2D eigenvalue weighted by Gasteiger charge is 2.36. The number of aliphatic hydroxyl groups is 1. The zero-order chi connectivity index (χ0) is 13.2. The first-order chi connectivity index (χ1) is 9.28. The van der Waals surface area contributed by atoms with Crippen LogP contribution in [0.4, 0.5) is 5.69 Å². The molecule has 2 N–H and O–H groups in total. The van der Waals surface area contributed by atoms with Crippen LogP contribution in [-0.2, 0) is 13.2 Å². The normalized spacial score (nSPS) is 21.4. The molecule has 0 aliphatic heterocycles. The molecule has 1 aromatic carbocycles. The lowest BCUT2D eigenvalue weighted by atomic mass is 10.2. The SMILES string of the molecule is CC1CC1c1ccc(CNc2ccccc2CO)o1. The van der Waals surface area contributed by atoms with Gasteiger partial charge in [-0.15, -0.1) is 0 Å². The number of nitrogens with one attached hydrogen (secondary N) is 1. The molecule has 2 aromatic rings. The summed E-state index contributed by atoms with van der Waals surface area (Å²) < 4.78 is 5.85. The largest absolute Gasteiger partial charge is 0.464 e. The second kappa shape index (κ2) is 5.10. The molecule has 0 bridgehead atoms. The van der Waals surface area contributed by atoms with Crippen LogP contribution in [-0.4, -0.2) is 5.11 Å². The fraction of sp³-hybridized carbons (Fsp3) is 0.375. The quantitative estimate of drug-likeness (QED) is 0.861. The van der Waals surface area contributed by atoms with Crippen LogP contribution in [0.2, 0.25) is 0 Å². The second-order valence-electron chi connectivity index (χ2n) is 5.29. The minimum Gasteiger partial charge on any atom is -0.464 e. The van der Waals surface area contributed by atoms with Crippen LogP contribution in [0.1, 0.15) is 36.3 Å². The van der Waals surface area contributed by atoms with Crippen LogP contribution >= 0.6 is 0 Å². The highest BCUT2D eigenvalue weighted by Crippen LogP contribution is 2.47. The number of aliphatic hydroxyl groups excluding tert-OH is 1. The van der Waals surface area contributed by atoms with E-state index < -0.39 is 0 Å². The lowest BCUT2D eigenvalue weighted by Gasteiger charge is -2.08. The van der Waals surface area contributed by atoms with E-state index >= 15 is 0 Å². The molecule has 0 amide bonds. The molecular weight excluding hydrogens is 238 g/mol. The van der Waals surface area contributed by atoms with Gasteiger partial charge in [0.1, 0.15) is 11.5 Å². The van der Waals surface area contributed by atoms with Crippen molar-refractivity contribution in [1.82, 2.24) is 0 Å². The van der Waals surface area contributed by atoms with Crippen molar-refractivity contribution in [2.45, 2.75) is 32.4 Å². The summed E-state index contributed by atoms with van der Waals surface area (Å²) in [5.74, 6) is 3.45. The number of hydrogen-bond donors (Lipinski definition) is 2. The Bertz CT molecular complexity index is 561. The van der Waals surface area contributed by atoms with E-state index in [0.717, 1.165) is 28.7 Å². The Hall–Kier alpha value is -1.74. The zero-order valence-electron chi connectivity index (χ0n) is 11.1. The van der Waals surface area contributed by atoms with E-state index in [4.69, 9.17) is 4.42 Å². The molecule has 100 valence electrons. The Morgan fingerprint density at radius 1 is 1.26 bits per heavy atom. The molecular formula is C16H19NO2. The van der Waals surface area contributed by atoms with E-state index in [9.17, 15) is 5.11 Å². The van der Waals surface area contributed by atoms with Crippen molar-refractivity contribution in [3.63, 3.8) is 0 Å². The van der Waals surface area contributed by atoms with Gasteiger partial charge in [0.2, 0.25) is 0 Å². The van der Waals surface area contributed by atoms with Gasteiger partial charge in [0, 0.05) is 17.2 Å². The van der Waals surface area contributed by atoms with E-state index in [1.165, 1.54) is 6.42 Å². The minimum absolute atomic E-state index is 0.0478. The summed E-state index contributed by atoms with van der Waals surface area (Å²) in [5, 5.41) is 12.6. The predicted molar refractivity (Wildman–Crippen MR) is 74.9 cm³/mol. The lowest BCUT2D eigenvalue weighted by Crippen LogP contribution is -2.01. The summed E-state index contributed by atoms with van der Waals surface area (Å²) in [7, 11) is 0. The third-order valence-corrected chi connectivity index (χ3v) is 3.80. The van der Waals surface area contributed by atoms with Crippen LogP contribution < -0.4 is 5.32 Å². The van der Waals surface area contributed by atoms with Crippen molar-refractivity contribution >= 4 is 5.69 Å². The number of benzene rings is 1. The molecule has 1 saturated carbocycles. The maximum Gasteiger partial charge on any atom is 0.123 e. The van der Waals surface area contributed by atoms with Gasteiger partial charge in [0.05, 0.1) is 13.2 Å². The van der Waals surface area contributed by atoms with Gasteiger partial charge < -0.3 is 14.8 Å². The molecule has 3 rings (SSSR count). The van der Waals surface area contributed by atoms with E-state index in [2.05, 4.69) is 18.3 Å². The van der Waals surface area contributed by atoms with Crippen LogP contribution in [0.3, 0.4) is 0 Å². The Balaban J connectivity index is 1.64. The van der Waals surface area contributed by atoms with Gasteiger partial charge in [0.15, 0.2) is 0 Å². The molecule has 3 heteroatoms. The van der Waals surface area contributed by atoms with Crippen molar-refractivity contribution in [3.05, 3.63) is 53.5 Å². The molecule has 2 unspecified atom stereocenters. The molecule has 1 fully saturated rings. The van der Waals surface area contributed by atoms with Gasteiger partial charge in [0.25, 0.3) is 0 Å². The Kier molecular flexibility index (Phi) is 3.30. The van der Waals surface area contributed by atoms with Gasteiger partial charge in [-0.2, -0.15) is 0 Å². The van der Waals surface area contributed by atoms with Crippen molar-refractivity contribution in [3.8, 4) is 0 Å². The minimum atomic E-state index is 0.0478. The number of rotatable bonds is 5. The molecule has 0 radical (unpaired) electrons. The molecule has 1 aromatic heterocycles. The molecule has 1 aliphatic rings. The molecule has 0 spiro atoms. The van der Waals surface area contributed by atoms with Gasteiger partial charge in [-0.1, -0.05) is 25.1 Å². The van der Waals surface area contributed by atoms with E-state index in [0.29, 0.717) is 12.5 Å². The first-order valence-electron chi connectivity index (χ1n) is 6.79. The number of anilines is 1. The molecule has 2 atom stereocenters. The first kappa shape index (κ1) is 12.3. The fourth-order valence-electron chi connectivity index (χ4n) is 2.42. The molecule has 0 saturated heterocycles. The van der Waals surface area contributed by atoms with Gasteiger partial charge in [-0.25, -0.2) is 0 Å². The summed E-state index contributed by atoms with van der Waals surface area (Å²) >= 11 is 0. The second-order valence-corrected chi connectivity index (χ2v) is 5.29. The maximum absolute atomic E-state index is 9.27. The Labute approximate surface area is 113 Å². The summed E-state index contributed by atoms with van der Waals surface area (Å²) in [6, 6.07) is 11.9. The molecule has 1 aliphatic carbocycles. The Morgan fingerprint density at radius 2 is 2.05 bits per heavy atom. The zero-order valence-corrected chi connectivity index (χ0v) is 11.1. The molecule has 19 heavy (non-hydrogen) atoms. The maximum atomic E-state index is 9.27. The molecule has 1 heterocycles. The standard InChI is InChI=1S/C16H19NO2/c1-11-8-14(11)16-7-6-13(19-16)9-17-15-5-3-2-4-12(15)10-18/h2-7,11,14,17-18H,8-10H2,1H3. The third-order valence-electron chi connectivity index (χ3n) is 3.80. The average molecular weight is 257 g/mol. The predicted octanol–water partition coefficient (Wildman–Crippen LogP) is 3.51. The highest BCUT2D eigenvalue weighted by atomic mass is 16.3. The van der Waals surface area contributed by atoms with Gasteiger partial charge >= 0.3 is 0 Å². The monoisotopic (exact) mass is 257 g/mol. The Morgan fingerprint density at radius 3 is 2.79 bits per heavy atom. The lowest BCUT2D eigenvalue weighted by molar-refractivity contribution is 0.282. The summed E-state index contributed by atoms with van der Waals surface area (Å²) in [6.45, 7) is 2.95. The van der Waals surface area contributed by atoms with Crippen LogP contribution in [0, 0.1) is 5.92 Å². The van der Waals surface area contributed by atoms with Crippen molar-refractivity contribution < 1.29 is 9.52 Å². The number of hydrogen-bond acceptors (Lipinski definition) is 3. The van der Waals surface area contributed by atoms with E-state index in [1.807, 2.05) is 30.3 Å². The van der Waals surface area contributed by atoms with Crippen LogP contribution in [0.15, 0.2) is 40.8 Å². The smallest absolute Gasteiger partial charge is 0.123 e. The summed E-state index contributed by atoms with van der Waals surface area (Å²) in [6.07, 6.45) is 1.24. The number of para-hydroxylation sites is 1. The van der Waals surface area contributed by atoms with Crippen LogP contribution in [0.25, 0.3) is 0 Å².